The largest absolute Gasteiger partial charge is 0.378 e. The number of nitrogens with zero attached hydrogens (tertiary/aromatic N) is 2. The smallest absolute Gasteiger partial charge is 0.191 e. The minimum absolute atomic E-state index is 0.695. The lowest BCUT2D eigenvalue weighted by molar-refractivity contribution is 0.122. The molecule has 2 fully saturated rings. The molecule has 2 aliphatic rings. The molecule has 5 nitrogen and oxygen atoms in total. The van der Waals surface area contributed by atoms with E-state index in [1.165, 1.54) is 29.8 Å². The molecular weight excluding hydrogens is 332 g/mol. The second-order valence-electron chi connectivity index (χ2n) is 6.44. The third-order valence-electron chi connectivity index (χ3n) is 4.62. The summed E-state index contributed by atoms with van der Waals surface area (Å²) >= 11 is 2.07. The zero-order chi connectivity index (χ0) is 17.3. The molecule has 2 heterocycles. The predicted molar refractivity (Wildman–Crippen MR) is 108 cm³/mol. The van der Waals surface area contributed by atoms with Crippen LogP contribution in [-0.4, -0.2) is 56.4 Å². The Labute approximate surface area is 155 Å². The quantitative estimate of drug-likeness (QED) is 0.601. The Morgan fingerprint density at radius 2 is 2.12 bits per heavy atom. The molecule has 2 aliphatic heterocycles. The van der Waals surface area contributed by atoms with Crippen molar-refractivity contribution in [3.05, 3.63) is 29.8 Å². The highest BCUT2D eigenvalue weighted by molar-refractivity contribution is 8.00. The van der Waals surface area contributed by atoms with Crippen LogP contribution < -0.4 is 15.5 Å². The van der Waals surface area contributed by atoms with Crippen molar-refractivity contribution in [1.82, 2.24) is 10.6 Å². The number of thioether (sulfide) groups is 1. The van der Waals surface area contributed by atoms with Gasteiger partial charge in [-0.1, -0.05) is 18.2 Å². The molecule has 0 radical (unpaired) electrons. The van der Waals surface area contributed by atoms with Gasteiger partial charge < -0.3 is 20.3 Å². The maximum atomic E-state index is 5.48. The molecule has 25 heavy (non-hydrogen) atoms. The number of morpholine rings is 1. The number of rotatable bonds is 6. The molecule has 0 saturated carbocycles. The summed E-state index contributed by atoms with van der Waals surface area (Å²) < 4.78 is 5.48. The number of benzene rings is 1. The first-order valence-electron chi connectivity index (χ1n) is 9.41. The summed E-state index contributed by atoms with van der Waals surface area (Å²) in [7, 11) is 0. The van der Waals surface area contributed by atoms with E-state index in [1.807, 2.05) is 0 Å². The van der Waals surface area contributed by atoms with Crippen LogP contribution in [0.25, 0.3) is 0 Å². The van der Waals surface area contributed by atoms with Crippen LogP contribution in [0.2, 0.25) is 0 Å². The SMILES string of the molecule is CCNC(=NCc1ccccc1N1CCOCC1)NCC1CCCS1. The van der Waals surface area contributed by atoms with Crippen LogP contribution in [0, 0.1) is 0 Å². The molecule has 0 aliphatic carbocycles. The molecule has 0 spiro atoms. The molecule has 2 saturated heterocycles. The molecule has 138 valence electrons. The van der Waals surface area contributed by atoms with Gasteiger partial charge >= 0.3 is 0 Å². The van der Waals surface area contributed by atoms with Gasteiger partial charge in [0, 0.05) is 37.1 Å². The van der Waals surface area contributed by atoms with Crippen molar-refractivity contribution < 1.29 is 4.74 Å². The Morgan fingerprint density at radius 3 is 2.88 bits per heavy atom. The maximum absolute atomic E-state index is 5.48. The zero-order valence-corrected chi connectivity index (χ0v) is 16.0. The molecule has 1 unspecified atom stereocenters. The number of ether oxygens (including phenoxy) is 1. The van der Waals surface area contributed by atoms with Crippen LogP contribution in [-0.2, 0) is 11.3 Å². The predicted octanol–water partition coefficient (Wildman–Crippen LogP) is 2.47. The van der Waals surface area contributed by atoms with Gasteiger partial charge in [-0.2, -0.15) is 11.8 Å². The van der Waals surface area contributed by atoms with Gasteiger partial charge in [-0.05, 0) is 37.1 Å². The van der Waals surface area contributed by atoms with Crippen LogP contribution in [0.15, 0.2) is 29.3 Å². The fourth-order valence-electron chi connectivity index (χ4n) is 3.28. The van der Waals surface area contributed by atoms with Crippen LogP contribution in [0.1, 0.15) is 25.3 Å². The van der Waals surface area contributed by atoms with Gasteiger partial charge in [0.1, 0.15) is 0 Å². The van der Waals surface area contributed by atoms with Crippen molar-refractivity contribution in [2.24, 2.45) is 4.99 Å². The van der Waals surface area contributed by atoms with Gasteiger partial charge in [-0.25, -0.2) is 4.99 Å². The lowest BCUT2D eigenvalue weighted by atomic mass is 10.1. The second kappa shape index (κ2) is 9.92. The number of nitrogens with one attached hydrogen (secondary N) is 2. The van der Waals surface area contributed by atoms with E-state index < -0.39 is 0 Å². The van der Waals surface area contributed by atoms with Crippen molar-refractivity contribution >= 4 is 23.4 Å². The van der Waals surface area contributed by atoms with E-state index in [9.17, 15) is 0 Å². The van der Waals surface area contributed by atoms with Crippen LogP contribution >= 0.6 is 11.8 Å². The Morgan fingerprint density at radius 1 is 1.28 bits per heavy atom. The van der Waals surface area contributed by atoms with Gasteiger partial charge in [0.25, 0.3) is 0 Å². The number of hydrogen-bond donors (Lipinski definition) is 2. The van der Waals surface area contributed by atoms with E-state index in [2.05, 4.69) is 58.5 Å². The van der Waals surface area contributed by atoms with Crippen LogP contribution in [0.5, 0.6) is 0 Å². The van der Waals surface area contributed by atoms with E-state index in [4.69, 9.17) is 9.73 Å². The normalized spacial score (nSPS) is 21.4. The maximum Gasteiger partial charge on any atom is 0.191 e. The summed E-state index contributed by atoms with van der Waals surface area (Å²) in [5.41, 5.74) is 2.56. The van der Waals surface area contributed by atoms with Crippen molar-refractivity contribution in [3.8, 4) is 0 Å². The summed E-state index contributed by atoms with van der Waals surface area (Å²) in [6.45, 7) is 8.22. The molecule has 2 N–H and O–H groups in total. The van der Waals surface area contributed by atoms with Crippen LogP contribution in [0.3, 0.4) is 0 Å². The molecule has 1 aromatic carbocycles. The van der Waals surface area contributed by atoms with Gasteiger partial charge in [0.05, 0.1) is 19.8 Å². The van der Waals surface area contributed by atoms with E-state index >= 15 is 0 Å². The number of guanidine groups is 1. The average Bonchev–Trinajstić information content (AvgIpc) is 3.18. The molecule has 3 rings (SSSR count). The van der Waals surface area contributed by atoms with Crippen molar-refractivity contribution in [2.75, 3.05) is 50.0 Å². The third-order valence-corrected chi connectivity index (χ3v) is 6.01. The van der Waals surface area contributed by atoms with E-state index in [1.54, 1.807) is 0 Å². The van der Waals surface area contributed by atoms with Crippen molar-refractivity contribution in [1.29, 1.82) is 0 Å². The Balaban J connectivity index is 1.63. The summed E-state index contributed by atoms with van der Waals surface area (Å²) in [6, 6.07) is 8.60. The molecule has 1 atom stereocenters. The Bertz CT molecular complexity index is 554. The molecule has 0 amide bonds. The fourth-order valence-corrected chi connectivity index (χ4v) is 4.48. The number of para-hydroxylation sites is 1. The number of aliphatic imine (C=N–C) groups is 1. The topological polar surface area (TPSA) is 48.9 Å². The fraction of sp³-hybridized carbons (Fsp3) is 0.632. The third kappa shape index (κ3) is 5.54. The Kier molecular flexibility index (Phi) is 7.30. The Hall–Kier alpha value is -1.40. The minimum atomic E-state index is 0.695. The van der Waals surface area contributed by atoms with Gasteiger partial charge in [0.15, 0.2) is 5.96 Å². The molecule has 0 bridgehead atoms. The standard InChI is InChI=1S/C19H30N4OS/c1-2-20-19(22-15-17-7-5-13-25-17)21-14-16-6-3-4-8-18(16)23-9-11-24-12-10-23/h3-4,6,8,17H,2,5,7,9-15H2,1H3,(H2,20,21,22). The van der Waals surface area contributed by atoms with Gasteiger partial charge in [-0.15, -0.1) is 0 Å². The highest BCUT2D eigenvalue weighted by Gasteiger charge is 2.16. The summed E-state index contributed by atoms with van der Waals surface area (Å²) in [6.07, 6.45) is 2.66. The van der Waals surface area contributed by atoms with Crippen molar-refractivity contribution in [2.45, 2.75) is 31.6 Å². The lowest BCUT2D eigenvalue weighted by Crippen LogP contribution is -2.40. The molecule has 1 aromatic rings. The first-order chi connectivity index (χ1) is 12.4. The van der Waals surface area contributed by atoms with Crippen LogP contribution in [0.4, 0.5) is 5.69 Å². The first-order valence-corrected chi connectivity index (χ1v) is 10.5. The average molecular weight is 363 g/mol. The molecular formula is C19H30N4OS. The van der Waals surface area contributed by atoms with E-state index in [-0.39, 0.29) is 0 Å². The van der Waals surface area contributed by atoms with E-state index in [0.29, 0.717) is 6.54 Å². The monoisotopic (exact) mass is 362 g/mol. The second-order valence-corrected chi connectivity index (χ2v) is 7.85. The summed E-state index contributed by atoms with van der Waals surface area (Å²) in [4.78, 5) is 7.23. The van der Waals surface area contributed by atoms with E-state index in [0.717, 1.165) is 50.6 Å². The molecule has 0 aromatic heterocycles. The first kappa shape index (κ1) is 18.4. The minimum Gasteiger partial charge on any atom is -0.378 e. The zero-order valence-electron chi connectivity index (χ0n) is 15.2. The summed E-state index contributed by atoms with van der Waals surface area (Å²) in [5, 5.41) is 7.61. The highest BCUT2D eigenvalue weighted by Crippen LogP contribution is 2.25. The van der Waals surface area contributed by atoms with Crippen molar-refractivity contribution in [3.63, 3.8) is 0 Å². The van der Waals surface area contributed by atoms with Gasteiger partial charge in [-0.3, -0.25) is 0 Å². The molecule has 6 heteroatoms. The lowest BCUT2D eigenvalue weighted by Gasteiger charge is -2.30. The summed E-state index contributed by atoms with van der Waals surface area (Å²) in [5.74, 6) is 2.22. The number of hydrogen-bond acceptors (Lipinski definition) is 4. The number of anilines is 1. The van der Waals surface area contributed by atoms with Gasteiger partial charge in [0.2, 0.25) is 0 Å². The highest BCUT2D eigenvalue weighted by atomic mass is 32.2.